The van der Waals surface area contributed by atoms with Crippen LogP contribution in [-0.4, -0.2) is 9.97 Å². The Hall–Kier alpha value is -1.94. The number of hydrogen-bond acceptors (Lipinski definition) is 4. The summed E-state index contributed by atoms with van der Waals surface area (Å²) in [6, 6.07) is 4.13. The number of ether oxygens (including phenoxy) is 1. The number of aryl methyl sites for hydroxylation is 2. The molecule has 0 aliphatic heterocycles. The lowest BCUT2D eigenvalue weighted by Gasteiger charge is -2.12. The van der Waals surface area contributed by atoms with Crippen LogP contribution in [0.3, 0.4) is 0 Å². The van der Waals surface area contributed by atoms with Gasteiger partial charge in [-0.1, -0.05) is 6.07 Å². The molecule has 0 atom stereocenters. The largest absolute Gasteiger partial charge is 0.437 e. The molecule has 4 heteroatoms. The van der Waals surface area contributed by atoms with Crippen molar-refractivity contribution in [3.63, 3.8) is 0 Å². The Balaban J connectivity index is 2.40. The van der Waals surface area contributed by atoms with Gasteiger partial charge in [0.1, 0.15) is 11.4 Å². The lowest BCUT2D eigenvalue weighted by atomic mass is 10.1. The third-order valence-electron chi connectivity index (χ3n) is 2.90. The van der Waals surface area contributed by atoms with E-state index in [1.165, 1.54) is 5.56 Å². The summed E-state index contributed by atoms with van der Waals surface area (Å²) >= 11 is 0. The molecule has 0 spiro atoms. The summed E-state index contributed by atoms with van der Waals surface area (Å²) in [5, 5.41) is 0. The molecule has 0 saturated heterocycles. The summed E-state index contributed by atoms with van der Waals surface area (Å²) in [4.78, 5) is 8.34. The minimum atomic E-state index is 0.313. The van der Waals surface area contributed by atoms with Gasteiger partial charge in [0.25, 0.3) is 0 Å². The molecule has 2 N–H and O–H groups in total. The van der Waals surface area contributed by atoms with Gasteiger partial charge >= 0.3 is 0 Å². The molecule has 0 fully saturated rings. The molecule has 0 radical (unpaired) electrons. The van der Waals surface area contributed by atoms with Crippen molar-refractivity contribution in [1.29, 1.82) is 0 Å². The van der Waals surface area contributed by atoms with E-state index in [9.17, 15) is 0 Å². The Morgan fingerprint density at radius 2 is 1.83 bits per heavy atom. The molecule has 1 aromatic heterocycles. The van der Waals surface area contributed by atoms with Crippen molar-refractivity contribution >= 4 is 0 Å². The van der Waals surface area contributed by atoms with Crippen LogP contribution in [0.1, 0.15) is 22.4 Å². The van der Waals surface area contributed by atoms with Gasteiger partial charge in [-0.3, -0.25) is 4.98 Å². The quantitative estimate of drug-likeness (QED) is 0.900. The topological polar surface area (TPSA) is 61.0 Å². The van der Waals surface area contributed by atoms with Crippen LogP contribution in [0.5, 0.6) is 11.6 Å². The molecule has 0 aliphatic carbocycles. The van der Waals surface area contributed by atoms with Crippen molar-refractivity contribution in [2.24, 2.45) is 5.73 Å². The average molecular weight is 243 g/mol. The third kappa shape index (κ3) is 2.49. The van der Waals surface area contributed by atoms with Crippen molar-refractivity contribution in [1.82, 2.24) is 9.97 Å². The maximum atomic E-state index is 5.84. The van der Waals surface area contributed by atoms with Crippen LogP contribution >= 0.6 is 0 Å². The maximum Gasteiger partial charge on any atom is 0.242 e. The van der Waals surface area contributed by atoms with Crippen LogP contribution in [0.15, 0.2) is 24.5 Å². The standard InChI is InChI=1S/C14H17N3O/c1-9-6-10(2)11(3)13(7-9)18-14-12(8-15)16-4-5-17-14/h4-7H,8,15H2,1-3H3. The maximum absolute atomic E-state index is 5.84. The average Bonchev–Trinajstić information content (AvgIpc) is 2.36. The van der Waals surface area contributed by atoms with Crippen LogP contribution in [0.25, 0.3) is 0 Å². The van der Waals surface area contributed by atoms with Crippen molar-refractivity contribution in [3.05, 3.63) is 46.9 Å². The van der Waals surface area contributed by atoms with Crippen molar-refractivity contribution in [2.75, 3.05) is 0 Å². The van der Waals surface area contributed by atoms with Crippen molar-refractivity contribution in [3.8, 4) is 11.6 Å². The Kier molecular flexibility index (Phi) is 3.58. The second-order valence-corrected chi connectivity index (χ2v) is 4.32. The highest BCUT2D eigenvalue weighted by Gasteiger charge is 2.09. The molecule has 0 amide bonds. The van der Waals surface area contributed by atoms with Crippen molar-refractivity contribution < 1.29 is 4.74 Å². The number of rotatable bonds is 3. The summed E-state index contributed by atoms with van der Waals surface area (Å²) in [7, 11) is 0. The molecular formula is C14H17N3O. The molecule has 94 valence electrons. The summed E-state index contributed by atoms with van der Waals surface area (Å²) in [5.41, 5.74) is 9.74. The highest BCUT2D eigenvalue weighted by atomic mass is 16.5. The first kappa shape index (κ1) is 12.5. The number of benzene rings is 1. The van der Waals surface area contributed by atoms with E-state index in [1.807, 2.05) is 19.9 Å². The van der Waals surface area contributed by atoms with Crippen molar-refractivity contribution in [2.45, 2.75) is 27.3 Å². The molecular weight excluding hydrogens is 226 g/mol. The Labute approximate surface area is 107 Å². The van der Waals surface area contributed by atoms with Gasteiger partial charge in [-0.25, -0.2) is 4.98 Å². The van der Waals surface area contributed by atoms with Crippen LogP contribution in [0, 0.1) is 20.8 Å². The van der Waals surface area contributed by atoms with Crippen LogP contribution in [0.2, 0.25) is 0 Å². The lowest BCUT2D eigenvalue weighted by molar-refractivity contribution is 0.448. The van der Waals surface area contributed by atoms with E-state index >= 15 is 0 Å². The van der Waals surface area contributed by atoms with Gasteiger partial charge in [-0.15, -0.1) is 0 Å². The molecule has 0 aliphatic rings. The molecule has 4 nitrogen and oxygen atoms in total. The number of hydrogen-bond donors (Lipinski definition) is 1. The minimum absolute atomic E-state index is 0.313. The SMILES string of the molecule is Cc1cc(C)c(C)c(Oc2nccnc2CN)c1. The predicted molar refractivity (Wildman–Crippen MR) is 70.7 cm³/mol. The van der Waals surface area contributed by atoms with E-state index in [1.54, 1.807) is 12.4 Å². The molecule has 2 aromatic rings. The third-order valence-corrected chi connectivity index (χ3v) is 2.90. The van der Waals surface area contributed by atoms with Crippen LogP contribution in [0.4, 0.5) is 0 Å². The number of aromatic nitrogens is 2. The van der Waals surface area contributed by atoms with Gasteiger partial charge in [0.05, 0.1) is 0 Å². The zero-order chi connectivity index (χ0) is 13.1. The van der Waals surface area contributed by atoms with E-state index in [0.717, 1.165) is 16.9 Å². The Bertz CT molecular complexity index is 567. The smallest absolute Gasteiger partial charge is 0.242 e. The van der Waals surface area contributed by atoms with E-state index in [-0.39, 0.29) is 0 Å². The Morgan fingerprint density at radius 3 is 2.56 bits per heavy atom. The first-order chi connectivity index (χ1) is 8.61. The first-order valence-electron chi connectivity index (χ1n) is 5.87. The summed E-state index contributed by atoms with van der Waals surface area (Å²) in [5.74, 6) is 1.29. The molecule has 1 aromatic carbocycles. The molecule has 0 unspecified atom stereocenters. The zero-order valence-corrected chi connectivity index (χ0v) is 10.9. The van der Waals surface area contributed by atoms with Gasteiger partial charge in [0.15, 0.2) is 0 Å². The van der Waals surface area contributed by atoms with E-state index in [0.29, 0.717) is 18.1 Å². The fourth-order valence-corrected chi connectivity index (χ4v) is 1.79. The molecule has 2 rings (SSSR count). The monoisotopic (exact) mass is 243 g/mol. The summed E-state index contributed by atoms with van der Waals surface area (Å²) in [6.07, 6.45) is 3.22. The first-order valence-corrected chi connectivity index (χ1v) is 5.87. The molecule has 0 saturated carbocycles. The highest BCUT2D eigenvalue weighted by molar-refractivity contribution is 5.43. The normalized spacial score (nSPS) is 10.4. The Morgan fingerprint density at radius 1 is 1.11 bits per heavy atom. The van der Waals surface area contributed by atoms with E-state index in [4.69, 9.17) is 10.5 Å². The van der Waals surface area contributed by atoms with Gasteiger partial charge in [-0.2, -0.15) is 0 Å². The van der Waals surface area contributed by atoms with Gasteiger partial charge < -0.3 is 10.5 Å². The number of nitrogens with two attached hydrogens (primary N) is 1. The van der Waals surface area contributed by atoms with E-state index < -0.39 is 0 Å². The van der Waals surface area contributed by atoms with Crippen LogP contribution < -0.4 is 10.5 Å². The lowest BCUT2D eigenvalue weighted by Crippen LogP contribution is -2.04. The van der Waals surface area contributed by atoms with Gasteiger partial charge in [0, 0.05) is 18.9 Å². The van der Waals surface area contributed by atoms with E-state index in [2.05, 4.69) is 23.0 Å². The van der Waals surface area contributed by atoms with Gasteiger partial charge in [0.2, 0.25) is 5.88 Å². The molecule has 18 heavy (non-hydrogen) atoms. The fraction of sp³-hybridized carbons (Fsp3) is 0.286. The zero-order valence-electron chi connectivity index (χ0n) is 10.9. The second kappa shape index (κ2) is 5.14. The van der Waals surface area contributed by atoms with Gasteiger partial charge in [-0.05, 0) is 43.5 Å². The fourth-order valence-electron chi connectivity index (χ4n) is 1.79. The molecule has 0 bridgehead atoms. The second-order valence-electron chi connectivity index (χ2n) is 4.32. The molecule has 1 heterocycles. The highest BCUT2D eigenvalue weighted by Crippen LogP contribution is 2.28. The minimum Gasteiger partial charge on any atom is -0.437 e. The predicted octanol–water partition coefficient (Wildman–Crippen LogP) is 2.65. The summed E-state index contributed by atoms with van der Waals surface area (Å²) < 4.78 is 5.84. The number of nitrogens with zero attached hydrogens (tertiary/aromatic N) is 2. The summed E-state index contributed by atoms with van der Waals surface area (Å²) in [6.45, 7) is 6.45. The van der Waals surface area contributed by atoms with Crippen LogP contribution in [-0.2, 0) is 6.54 Å².